The highest BCUT2D eigenvalue weighted by atomic mass is 16.7. The molecule has 0 spiro atoms. The van der Waals surface area contributed by atoms with E-state index in [1.165, 1.54) is 0 Å². The predicted molar refractivity (Wildman–Crippen MR) is 108 cm³/mol. The first-order chi connectivity index (χ1) is 13.5. The van der Waals surface area contributed by atoms with Crippen LogP contribution in [0.2, 0.25) is 0 Å². The van der Waals surface area contributed by atoms with Crippen LogP contribution in [0.4, 0.5) is 0 Å². The molecule has 0 heterocycles. The van der Waals surface area contributed by atoms with E-state index in [9.17, 15) is 14.7 Å². The molecule has 0 aliphatic carbocycles. The minimum atomic E-state index is -0.872. The fourth-order valence-corrected chi connectivity index (χ4v) is 2.76. The van der Waals surface area contributed by atoms with Gasteiger partial charge < -0.3 is 14.6 Å². The number of phenolic OH excluding ortho intramolecular Hbond substituents is 1. The number of hydrogen-bond acceptors (Lipinski definition) is 5. The number of hydrogen-bond donors (Lipinski definition) is 1. The second-order valence-electron chi connectivity index (χ2n) is 6.49. The van der Waals surface area contributed by atoms with E-state index < -0.39 is 12.3 Å². The number of aromatic hydroxyl groups is 1. The van der Waals surface area contributed by atoms with Crippen molar-refractivity contribution in [3.8, 4) is 11.5 Å². The highest BCUT2D eigenvalue weighted by Crippen LogP contribution is 2.36. The van der Waals surface area contributed by atoms with E-state index >= 15 is 0 Å². The number of carbonyl (C=O) groups excluding carboxylic acids is 2. The molecule has 28 heavy (non-hydrogen) atoms. The normalized spacial score (nSPS) is 11.5. The third-order valence-electron chi connectivity index (χ3n) is 4.32. The summed E-state index contributed by atoms with van der Waals surface area (Å²) in [5.74, 6) is -1.03. The number of aryl methyl sites for hydroxylation is 1. The van der Waals surface area contributed by atoms with E-state index in [1.54, 1.807) is 43.3 Å². The van der Waals surface area contributed by atoms with Crippen molar-refractivity contribution in [3.05, 3.63) is 71.8 Å². The van der Waals surface area contributed by atoms with Crippen LogP contribution in [-0.2, 0) is 9.53 Å². The molecule has 0 amide bonds. The first-order valence-electron chi connectivity index (χ1n) is 9.40. The lowest BCUT2D eigenvalue weighted by atomic mass is 10.0. The van der Waals surface area contributed by atoms with Gasteiger partial charge in [-0.15, -0.1) is 0 Å². The van der Waals surface area contributed by atoms with Gasteiger partial charge in [-0.3, -0.25) is 4.79 Å². The maximum Gasteiger partial charge on any atom is 0.333 e. The van der Waals surface area contributed by atoms with Crippen LogP contribution in [0, 0.1) is 6.92 Å². The molecule has 0 aliphatic rings. The maximum atomic E-state index is 12.7. The minimum Gasteiger partial charge on any atom is -0.504 e. The Morgan fingerprint density at radius 2 is 1.86 bits per heavy atom. The van der Waals surface area contributed by atoms with Gasteiger partial charge in [0.2, 0.25) is 6.29 Å². The maximum absolute atomic E-state index is 12.7. The summed E-state index contributed by atoms with van der Waals surface area (Å²) >= 11 is 0. The molecule has 2 aromatic rings. The quantitative estimate of drug-likeness (QED) is 0.207. The van der Waals surface area contributed by atoms with Crippen molar-refractivity contribution in [2.45, 2.75) is 45.8 Å². The summed E-state index contributed by atoms with van der Waals surface area (Å²) in [5, 5.41) is 10.7. The second kappa shape index (κ2) is 10.3. The van der Waals surface area contributed by atoms with Gasteiger partial charge in [0.15, 0.2) is 17.3 Å². The number of unbranched alkanes of at least 4 members (excludes halogenated alkanes) is 2. The summed E-state index contributed by atoms with van der Waals surface area (Å²) in [5.41, 5.74) is 1.23. The number of ketones is 1. The van der Waals surface area contributed by atoms with E-state index in [2.05, 4.69) is 13.5 Å². The average Bonchev–Trinajstić information content (AvgIpc) is 2.71. The van der Waals surface area contributed by atoms with Crippen LogP contribution in [0.1, 0.15) is 54.1 Å². The molecular weight excluding hydrogens is 356 g/mol. The lowest BCUT2D eigenvalue weighted by Crippen LogP contribution is -2.24. The zero-order valence-corrected chi connectivity index (χ0v) is 16.3. The number of phenols is 1. The van der Waals surface area contributed by atoms with Crippen LogP contribution in [0.15, 0.2) is 55.1 Å². The fraction of sp³-hybridized carbons (Fsp3) is 0.304. The summed E-state index contributed by atoms with van der Waals surface area (Å²) < 4.78 is 11.1. The predicted octanol–water partition coefficient (Wildman–Crippen LogP) is 4.95. The van der Waals surface area contributed by atoms with Crippen LogP contribution < -0.4 is 4.74 Å². The second-order valence-corrected chi connectivity index (χ2v) is 6.49. The molecule has 1 N–H and O–H groups in total. The zero-order valence-electron chi connectivity index (χ0n) is 16.3. The van der Waals surface area contributed by atoms with Gasteiger partial charge in [-0.1, -0.05) is 62.7 Å². The lowest BCUT2D eigenvalue weighted by Gasteiger charge is -2.21. The van der Waals surface area contributed by atoms with Crippen LogP contribution in [0.25, 0.3) is 0 Å². The third kappa shape index (κ3) is 5.46. The molecule has 5 heteroatoms. The van der Waals surface area contributed by atoms with Crippen molar-refractivity contribution >= 4 is 11.8 Å². The van der Waals surface area contributed by atoms with Gasteiger partial charge >= 0.3 is 5.97 Å². The average molecular weight is 382 g/mol. The molecule has 0 bridgehead atoms. The number of esters is 1. The van der Waals surface area contributed by atoms with Crippen LogP contribution in [0.3, 0.4) is 0 Å². The monoisotopic (exact) mass is 382 g/mol. The van der Waals surface area contributed by atoms with E-state index in [1.807, 2.05) is 6.07 Å². The largest absolute Gasteiger partial charge is 0.504 e. The van der Waals surface area contributed by atoms with Crippen LogP contribution >= 0.6 is 0 Å². The van der Waals surface area contributed by atoms with Crippen molar-refractivity contribution in [2.24, 2.45) is 0 Å². The number of carbonyl (C=O) groups is 2. The summed E-state index contributed by atoms with van der Waals surface area (Å²) in [4.78, 5) is 24.4. The van der Waals surface area contributed by atoms with Gasteiger partial charge in [-0.25, -0.2) is 4.79 Å². The van der Waals surface area contributed by atoms with Crippen LogP contribution in [-0.4, -0.2) is 23.1 Å². The standard InChI is InChI=1S/C23H26O5/c1-4-6-8-13-20(27-19(24)5-2)28-23-16(3)14-15-18(22(23)26)21(25)17-11-9-7-10-12-17/h5,7,9-12,14-15,20,26H,2,4,6,8,13H2,1,3H3. The van der Waals surface area contributed by atoms with Gasteiger partial charge in [-0.2, -0.15) is 0 Å². The van der Waals surface area contributed by atoms with Crippen molar-refractivity contribution in [2.75, 3.05) is 0 Å². The number of rotatable bonds is 10. The van der Waals surface area contributed by atoms with Gasteiger partial charge in [0.05, 0.1) is 5.56 Å². The molecule has 148 valence electrons. The molecular formula is C23H26O5. The molecule has 0 fully saturated rings. The Labute approximate surface area is 165 Å². The molecule has 0 aromatic heterocycles. The van der Waals surface area contributed by atoms with Gasteiger partial charge in [0, 0.05) is 18.1 Å². The fourth-order valence-electron chi connectivity index (χ4n) is 2.76. The highest BCUT2D eigenvalue weighted by molar-refractivity contribution is 6.11. The Morgan fingerprint density at radius 3 is 2.50 bits per heavy atom. The molecule has 2 aromatic carbocycles. The molecule has 1 unspecified atom stereocenters. The van der Waals surface area contributed by atoms with Gasteiger partial charge in [0.1, 0.15) is 0 Å². The Hall–Kier alpha value is -3.08. The van der Waals surface area contributed by atoms with Crippen molar-refractivity contribution in [1.82, 2.24) is 0 Å². The van der Waals surface area contributed by atoms with E-state index in [0.29, 0.717) is 17.5 Å². The molecule has 5 nitrogen and oxygen atoms in total. The van der Waals surface area contributed by atoms with Crippen molar-refractivity contribution in [1.29, 1.82) is 0 Å². The molecule has 0 aliphatic heterocycles. The van der Waals surface area contributed by atoms with Gasteiger partial charge in [0.25, 0.3) is 0 Å². The lowest BCUT2D eigenvalue weighted by molar-refractivity contribution is -0.158. The minimum absolute atomic E-state index is 0.133. The summed E-state index contributed by atoms with van der Waals surface area (Å²) in [6.45, 7) is 7.22. The smallest absolute Gasteiger partial charge is 0.333 e. The molecule has 0 radical (unpaired) electrons. The first-order valence-corrected chi connectivity index (χ1v) is 9.40. The Kier molecular flexibility index (Phi) is 7.81. The Bertz CT molecular complexity index is 826. The summed E-state index contributed by atoms with van der Waals surface area (Å²) in [6.07, 6.45) is 3.44. The van der Waals surface area contributed by atoms with Crippen molar-refractivity contribution in [3.63, 3.8) is 0 Å². The van der Waals surface area contributed by atoms with Crippen LogP contribution in [0.5, 0.6) is 11.5 Å². The SMILES string of the molecule is C=CC(=O)OC(CCCCC)Oc1c(C)ccc(C(=O)c2ccccc2)c1O. The Balaban J connectivity index is 2.30. The van der Waals surface area contributed by atoms with E-state index in [-0.39, 0.29) is 22.8 Å². The number of ether oxygens (including phenoxy) is 2. The van der Waals surface area contributed by atoms with E-state index in [0.717, 1.165) is 25.3 Å². The topological polar surface area (TPSA) is 72.8 Å². The summed E-state index contributed by atoms with van der Waals surface area (Å²) in [7, 11) is 0. The van der Waals surface area contributed by atoms with Gasteiger partial charge in [-0.05, 0) is 25.0 Å². The molecule has 1 atom stereocenters. The Morgan fingerprint density at radius 1 is 1.14 bits per heavy atom. The molecule has 0 saturated heterocycles. The molecule has 0 saturated carbocycles. The molecule has 2 rings (SSSR count). The first kappa shape index (κ1) is 21.2. The zero-order chi connectivity index (χ0) is 20.5. The summed E-state index contributed by atoms with van der Waals surface area (Å²) in [6, 6.07) is 12.0. The van der Waals surface area contributed by atoms with E-state index in [4.69, 9.17) is 9.47 Å². The highest BCUT2D eigenvalue weighted by Gasteiger charge is 2.22. The van der Waals surface area contributed by atoms with Crippen molar-refractivity contribution < 1.29 is 24.2 Å². The number of benzene rings is 2. The third-order valence-corrected chi connectivity index (χ3v) is 4.32.